The van der Waals surface area contributed by atoms with Crippen molar-refractivity contribution in [1.29, 1.82) is 0 Å². The predicted octanol–water partition coefficient (Wildman–Crippen LogP) is 1.26. The Bertz CT molecular complexity index is 110. The number of hydrogen-bond acceptors (Lipinski definition) is 0. The lowest BCUT2D eigenvalue weighted by atomic mass is 10.1. The average molecular weight is 112 g/mol. The van der Waals surface area contributed by atoms with Crippen LogP contribution in [0, 0.1) is 5.92 Å². The smallest absolute Gasteiger partial charge is 0.111 e. The first-order valence-electron chi connectivity index (χ1n) is 3.02. The first-order valence-corrected chi connectivity index (χ1v) is 3.02. The number of nitrogens with zero attached hydrogens (tertiary/aromatic N) is 1. The summed E-state index contributed by atoms with van der Waals surface area (Å²) in [4.78, 5) is 0. The molecule has 0 aliphatic carbocycles. The molecule has 0 aromatic rings. The Morgan fingerprint density at radius 2 is 2.25 bits per heavy atom. The minimum Gasteiger partial charge on any atom is -0.111 e. The van der Waals surface area contributed by atoms with Gasteiger partial charge in [-0.05, 0) is 6.42 Å². The molecule has 0 radical (unpaired) electrons. The van der Waals surface area contributed by atoms with Crippen molar-refractivity contribution in [2.75, 3.05) is 0 Å². The molecule has 0 N–H and O–H groups in total. The molecule has 0 amide bonds. The first kappa shape index (κ1) is 7.45. The SMILES string of the molecule is C=[N+]=C(C)C(C)CC. The maximum absolute atomic E-state index is 3.83. The fraction of sp³-hybridized carbons (Fsp3) is 0.714. The van der Waals surface area contributed by atoms with E-state index < -0.39 is 0 Å². The molecule has 0 bridgehead atoms. The second-order valence-corrected chi connectivity index (χ2v) is 2.11. The summed E-state index contributed by atoms with van der Waals surface area (Å²) in [7, 11) is 0. The molecule has 0 saturated heterocycles. The highest BCUT2D eigenvalue weighted by molar-refractivity contribution is 5.83. The fourth-order valence-corrected chi connectivity index (χ4v) is 0.451. The normalized spacial score (nSPS) is 12.4. The van der Waals surface area contributed by atoms with Crippen LogP contribution in [0.2, 0.25) is 0 Å². The zero-order chi connectivity index (χ0) is 6.57. The van der Waals surface area contributed by atoms with Crippen LogP contribution in [0.25, 0.3) is 0 Å². The van der Waals surface area contributed by atoms with Gasteiger partial charge in [0.2, 0.25) is 0 Å². The molecule has 1 unspecified atom stereocenters. The largest absolute Gasteiger partial charge is 0.279 e. The summed E-state index contributed by atoms with van der Waals surface area (Å²) in [6.07, 6.45) is 1.16. The van der Waals surface area contributed by atoms with Gasteiger partial charge in [0.05, 0.1) is 5.92 Å². The Kier molecular flexibility index (Phi) is 3.21. The molecule has 0 aromatic heterocycles. The molecule has 0 saturated carbocycles. The van der Waals surface area contributed by atoms with E-state index >= 15 is 0 Å². The van der Waals surface area contributed by atoms with Gasteiger partial charge < -0.3 is 0 Å². The summed E-state index contributed by atoms with van der Waals surface area (Å²) < 4.78 is 3.83. The molecule has 1 nitrogen and oxygen atoms in total. The fourth-order valence-electron chi connectivity index (χ4n) is 0.451. The van der Waals surface area contributed by atoms with E-state index in [1.54, 1.807) is 0 Å². The third-order valence-electron chi connectivity index (χ3n) is 1.57. The van der Waals surface area contributed by atoms with E-state index in [1.807, 2.05) is 6.92 Å². The van der Waals surface area contributed by atoms with Gasteiger partial charge in [-0.1, -0.05) is 13.8 Å². The van der Waals surface area contributed by atoms with Gasteiger partial charge in [0, 0.05) is 6.92 Å². The molecule has 1 heteroatoms. The lowest BCUT2D eigenvalue weighted by molar-refractivity contribution is 0.736. The van der Waals surface area contributed by atoms with E-state index in [9.17, 15) is 0 Å². The predicted molar refractivity (Wildman–Crippen MR) is 39.4 cm³/mol. The quantitative estimate of drug-likeness (QED) is 0.377. The highest BCUT2D eigenvalue weighted by Gasteiger charge is 2.08. The lowest BCUT2D eigenvalue weighted by Crippen LogP contribution is -2.07. The van der Waals surface area contributed by atoms with Crippen molar-refractivity contribution in [3.05, 3.63) is 0 Å². The summed E-state index contributed by atoms with van der Waals surface area (Å²) >= 11 is 0. The standard InChI is InChI=1S/C7H14N/c1-5-6(2)7(3)8-4/h6H,4-5H2,1-3H3/q+1. The monoisotopic (exact) mass is 112 g/mol. The van der Waals surface area contributed by atoms with Gasteiger partial charge >= 0.3 is 0 Å². The topological polar surface area (TPSA) is 14.1 Å². The first-order chi connectivity index (χ1) is 3.72. The van der Waals surface area contributed by atoms with Gasteiger partial charge in [-0.25, -0.2) is 0 Å². The van der Waals surface area contributed by atoms with E-state index in [4.69, 9.17) is 0 Å². The van der Waals surface area contributed by atoms with Crippen LogP contribution in [0.4, 0.5) is 0 Å². The zero-order valence-corrected chi connectivity index (χ0v) is 5.94. The molecule has 0 rings (SSSR count). The molecule has 0 aliphatic rings. The Labute approximate surface area is 51.2 Å². The van der Waals surface area contributed by atoms with Crippen molar-refractivity contribution in [2.45, 2.75) is 27.2 Å². The van der Waals surface area contributed by atoms with Crippen LogP contribution < -0.4 is 4.67 Å². The maximum atomic E-state index is 3.83. The minimum absolute atomic E-state index is 0.604. The van der Waals surface area contributed by atoms with Gasteiger partial charge in [-0.15, -0.1) is 4.67 Å². The third-order valence-corrected chi connectivity index (χ3v) is 1.57. The van der Waals surface area contributed by atoms with E-state index in [0.717, 1.165) is 12.1 Å². The second-order valence-electron chi connectivity index (χ2n) is 2.11. The third kappa shape index (κ3) is 1.94. The van der Waals surface area contributed by atoms with Crippen molar-refractivity contribution in [1.82, 2.24) is 4.67 Å². The Morgan fingerprint density at radius 3 is 2.38 bits per heavy atom. The van der Waals surface area contributed by atoms with Crippen LogP contribution in [0.5, 0.6) is 0 Å². The molecule has 8 heavy (non-hydrogen) atoms. The maximum Gasteiger partial charge on any atom is 0.279 e. The lowest BCUT2D eigenvalue weighted by Gasteiger charge is -1.93. The molecule has 0 fully saturated rings. The molecular weight excluding hydrogens is 98.1 g/mol. The summed E-state index contributed by atoms with van der Waals surface area (Å²) in [5, 5.41) is 0. The van der Waals surface area contributed by atoms with Crippen LogP contribution >= 0.6 is 0 Å². The highest BCUT2D eigenvalue weighted by Crippen LogP contribution is 1.99. The average Bonchev–Trinajstić information content (AvgIpc) is 1.84. The summed E-state index contributed by atoms with van der Waals surface area (Å²) in [6, 6.07) is 0. The van der Waals surface area contributed by atoms with Crippen molar-refractivity contribution in [2.24, 2.45) is 5.92 Å². The molecule has 1 atom stereocenters. The summed E-state index contributed by atoms with van der Waals surface area (Å²) in [5.41, 5.74) is 1.15. The van der Waals surface area contributed by atoms with Crippen molar-refractivity contribution < 1.29 is 0 Å². The molecule has 0 aliphatic heterocycles. The van der Waals surface area contributed by atoms with Gasteiger partial charge in [-0.2, -0.15) is 0 Å². The zero-order valence-electron chi connectivity index (χ0n) is 5.94. The van der Waals surface area contributed by atoms with Gasteiger partial charge in [-0.3, -0.25) is 0 Å². The van der Waals surface area contributed by atoms with E-state index in [2.05, 4.69) is 25.2 Å². The van der Waals surface area contributed by atoms with E-state index in [-0.39, 0.29) is 0 Å². The van der Waals surface area contributed by atoms with Crippen molar-refractivity contribution in [3.8, 4) is 0 Å². The number of hydrogen-bond donors (Lipinski definition) is 0. The Hall–Kier alpha value is -0.550. The van der Waals surface area contributed by atoms with Gasteiger partial charge in [0.25, 0.3) is 12.4 Å². The van der Waals surface area contributed by atoms with Crippen molar-refractivity contribution in [3.63, 3.8) is 0 Å². The molecule has 0 spiro atoms. The van der Waals surface area contributed by atoms with E-state index in [1.165, 1.54) is 0 Å². The van der Waals surface area contributed by atoms with Crippen LogP contribution in [0.1, 0.15) is 27.2 Å². The van der Waals surface area contributed by atoms with Crippen LogP contribution in [-0.4, -0.2) is 12.4 Å². The Balaban J connectivity index is 3.82. The molecule has 46 valence electrons. The molecule has 0 aromatic carbocycles. The van der Waals surface area contributed by atoms with Gasteiger partial charge in [0.15, 0.2) is 0 Å². The van der Waals surface area contributed by atoms with Crippen LogP contribution in [0.15, 0.2) is 0 Å². The molecular formula is C7H14N+. The van der Waals surface area contributed by atoms with Gasteiger partial charge in [0.1, 0.15) is 0 Å². The second kappa shape index (κ2) is 3.45. The van der Waals surface area contributed by atoms with Crippen LogP contribution in [-0.2, 0) is 0 Å². The summed E-state index contributed by atoms with van der Waals surface area (Å²) in [6.45, 7) is 9.77. The Morgan fingerprint density at radius 1 is 1.75 bits per heavy atom. The molecule has 0 heterocycles. The number of rotatable bonds is 2. The minimum atomic E-state index is 0.604. The van der Waals surface area contributed by atoms with Crippen LogP contribution in [0.3, 0.4) is 0 Å². The van der Waals surface area contributed by atoms with E-state index in [0.29, 0.717) is 5.92 Å². The summed E-state index contributed by atoms with van der Waals surface area (Å²) in [5.74, 6) is 0.604. The van der Waals surface area contributed by atoms with Crippen molar-refractivity contribution >= 4 is 12.4 Å². The highest BCUT2D eigenvalue weighted by atomic mass is 14.5.